The topological polar surface area (TPSA) is 61.2 Å². The lowest BCUT2D eigenvalue weighted by atomic mass is 9.87. The molecule has 0 aliphatic heterocycles. The minimum atomic E-state index is -3.68. The van der Waals surface area contributed by atoms with E-state index >= 15 is 0 Å². The Bertz CT molecular complexity index is 624. The Morgan fingerprint density at radius 3 is 2.33 bits per heavy atom. The van der Waals surface area contributed by atoms with Crippen LogP contribution in [0.2, 0.25) is 0 Å². The Balaban J connectivity index is 3.36. The summed E-state index contributed by atoms with van der Waals surface area (Å²) in [5, 5.41) is 9.21. The van der Waals surface area contributed by atoms with Crippen LogP contribution in [0.5, 0.6) is 0 Å². The second-order valence-corrected chi connectivity index (χ2v) is 8.17. The molecule has 0 unspecified atom stereocenters. The fraction of sp³-hybridized carbons (Fsp3) is 0.562. The molecule has 21 heavy (non-hydrogen) atoms. The molecule has 0 radical (unpaired) electrons. The highest BCUT2D eigenvalue weighted by molar-refractivity contribution is 7.89. The molecule has 0 aliphatic rings. The number of hydrogen-bond acceptors (Lipinski definition) is 3. The maximum atomic E-state index is 12.8. The van der Waals surface area contributed by atoms with Gasteiger partial charge in [-0.3, -0.25) is 0 Å². The standard InChI is InChI=1S/C16H24N2O2S/c1-6-9-13(12-17)18(5)21(19,20)15-11-8-7-10-14(15)16(2,3)4/h7-8,10-11,13H,6,9H2,1-5H3/t13-/m0/s1. The van der Waals surface area contributed by atoms with E-state index in [4.69, 9.17) is 0 Å². The number of rotatable bonds is 5. The van der Waals surface area contributed by atoms with Gasteiger partial charge >= 0.3 is 0 Å². The first-order valence-corrected chi connectivity index (χ1v) is 8.57. The molecule has 1 aromatic rings. The van der Waals surface area contributed by atoms with Crippen molar-refractivity contribution < 1.29 is 8.42 Å². The van der Waals surface area contributed by atoms with Crippen molar-refractivity contribution in [3.05, 3.63) is 29.8 Å². The highest BCUT2D eigenvalue weighted by Crippen LogP contribution is 2.31. The molecule has 0 saturated heterocycles. The van der Waals surface area contributed by atoms with Crippen LogP contribution in [0.4, 0.5) is 0 Å². The smallest absolute Gasteiger partial charge is 0.207 e. The summed E-state index contributed by atoms with van der Waals surface area (Å²) in [4.78, 5) is 0.288. The monoisotopic (exact) mass is 308 g/mol. The van der Waals surface area contributed by atoms with Gasteiger partial charge in [0.25, 0.3) is 0 Å². The summed E-state index contributed by atoms with van der Waals surface area (Å²) < 4.78 is 26.9. The van der Waals surface area contributed by atoms with Gasteiger partial charge in [-0.1, -0.05) is 52.3 Å². The summed E-state index contributed by atoms with van der Waals surface area (Å²) in [6, 6.07) is 8.47. The van der Waals surface area contributed by atoms with Crippen LogP contribution >= 0.6 is 0 Å². The molecule has 0 amide bonds. The average molecular weight is 308 g/mol. The zero-order chi connectivity index (χ0) is 16.3. The molecule has 0 N–H and O–H groups in total. The van der Waals surface area contributed by atoms with E-state index in [0.717, 1.165) is 12.0 Å². The van der Waals surface area contributed by atoms with Crippen molar-refractivity contribution in [3.8, 4) is 6.07 Å². The zero-order valence-corrected chi connectivity index (χ0v) is 14.2. The third-order valence-electron chi connectivity index (χ3n) is 3.50. The highest BCUT2D eigenvalue weighted by Gasteiger charge is 2.31. The molecule has 0 fully saturated rings. The molecule has 0 saturated carbocycles. The first-order chi connectivity index (χ1) is 9.66. The molecule has 1 aromatic carbocycles. The molecule has 0 aliphatic carbocycles. The van der Waals surface area contributed by atoms with Gasteiger partial charge in [-0.15, -0.1) is 0 Å². The fourth-order valence-corrected chi connectivity index (χ4v) is 3.94. The van der Waals surface area contributed by atoms with E-state index in [1.165, 1.54) is 11.4 Å². The van der Waals surface area contributed by atoms with Crippen LogP contribution in [0.3, 0.4) is 0 Å². The average Bonchev–Trinajstić information content (AvgIpc) is 2.43. The zero-order valence-electron chi connectivity index (χ0n) is 13.4. The van der Waals surface area contributed by atoms with Gasteiger partial charge in [0.1, 0.15) is 6.04 Å². The third-order valence-corrected chi connectivity index (χ3v) is 5.43. The van der Waals surface area contributed by atoms with Crippen molar-refractivity contribution in [2.45, 2.75) is 56.9 Å². The number of hydrogen-bond donors (Lipinski definition) is 0. The SMILES string of the molecule is CCC[C@@H](C#N)N(C)S(=O)(=O)c1ccccc1C(C)(C)C. The molecule has 4 nitrogen and oxygen atoms in total. The number of nitrogens with zero attached hydrogens (tertiary/aromatic N) is 2. The quantitative estimate of drug-likeness (QED) is 0.838. The molecule has 1 rings (SSSR count). The van der Waals surface area contributed by atoms with Gasteiger partial charge in [-0.05, 0) is 23.5 Å². The maximum absolute atomic E-state index is 12.8. The molecular weight excluding hydrogens is 284 g/mol. The molecule has 0 aromatic heterocycles. The Morgan fingerprint density at radius 1 is 1.29 bits per heavy atom. The van der Waals surface area contributed by atoms with E-state index < -0.39 is 16.1 Å². The lowest BCUT2D eigenvalue weighted by Gasteiger charge is -2.27. The van der Waals surface area contributed by atoms with Gasteiger partial charge in [0.2, 0.25) is 10.0 Å². The fourth-order valence-electron chi connectivity index (χ4n) is 2.23. The molecule has 116 valence electrons. The predicted octanol–water partition coefficient (Wildman–Crippen LogP) is 3.30. The van der Waals surface area contributed by atoms with Gasteiger partial charge in [-0.25, -0.2) is 8.42 Å². The van der Waals surface area contributed by atoms with Crippen molar-refractivity contribution >= 4 is 10.0 Å². The van der Waals surface area contributed by atoms with Gasteiger partial charge in [-0.2, -0.15) is 9.57 Å². The maximum Gasteiger partial charge on any atom is 0.244 e. The normalized spacial score (nSPS) is 14.0. The summed E-state index contributed by atoms with van der Waals surface area (Å²) in [5.41, 5.74) is 0.488. The van der Waals surface area contributed by atoms with Crippen LogP contribution in [-0.4, -0.2) is 25.8 Å². The minimum absolute atomic E-state index is 0.280. The van der Waals surface area contributed by atoms with E-state index in [1.54, 1.807) is 12.1 Å². The van der Waals surface area contributed by atoms with Gasteiger partial charge in [0.05, 0.1) is 11.0 Å². The first kappa shape index (κ1) is 17.7. The van der Waals surface area contributed by atoms with E-state index in [2.05, 4.69) is 6.07 Å². The lowest BCUT2D eigenvalue weighted by Crippen LogP contribution is -2.37. The lowest BCUT2D eigenvalue weighted by molar-refractivity contribution is 0.402. The molecule has 0 bridgehead atoms. The van der Waals surface area contributed by atoms with Gasteiger partial charge in [0, 0.05) is 7.05 Å². The molecule has 0 spiro atoms. The summed E-state index contributed by atoms with van der Waals surface area (Å²) in [6.45, 7) is 7.88. The minimum Gasteiger partial charge on any atom is -0.207 e. The number of benzene rings is 1. The van der Waals surface area contributed by atoms with Crippen LogP contribution in [0.25, 0.3) is 0 Å². The Kier molecular flexibility index (Phi) is 5.54. The predicted molar refractivity (Wildman–Crippen MR) is 84.4 cm³/mol. The van der Waals surface area contributed by atoms with Crippen molar-refractivity contribution in [1.82, 2.24) is 4.31 Å². The second kappa shape index (κ2) is 6.59. The van der Waals surface area contributed by atoms with Crippen LogP contribution in [0.15, 0.2) is 29.2 Å². The van der Waals surface area contributed by atoms with E-state index in [1.807, 2.05) is 39.8 Å². The van der Waals surface area contributed by atoms with E-state index in [0.29, 0.717) is 6.42 Å². The summed E-state index contributed by atoms with van der Waals surface area (Å²) in [5.74, 6) is 0. The van der Waals surface area contributed by atoms with E-state index in [-0.39, 0.29) is 10.3 Å². The summed E-state index contributed by atoms with van der Waals surface area (Å²) >= 11 is 0. The van der Waals surface area contributed by atoms with Crippen molar-refractivity contribution in [2.24, 2.45) is 0 Å². The number of sulfonamides is 1. The Morgan fingerprint density at radius 2 is 1.86 bits per heavy atom. The van der Waals surface area contributed by atoms with Crippen LogP contribution in [0.1, 0.15) is 46.1 Å². The number of nitriles is 1. The summed E-state index contributed by atoms with van der Waals surface area (Å²) in [6.07, 6.45) is 1.29. The van der Waals surface area contributed by atoms with Gasteiger partial charge < -0.3 is 0 Å². The summed E-state index contributed by atoms with van der Waals surface area (Å²) in [7, 11) is -2.19. The first-order valence-electron chi connectivity index (χ1n) is 7.13. The highest BCUT2D eigenvalue weighted by atomic mass is 32.2. The van der Waals surface area contributed by atoms with Crippen molar-refractivity contribution in [2.75, 3.05) is 7.05 Å². The Hall–Kier alpha value is -1.38. The Labute approximate surface area is 128 Å². The largest absolute Gasteiger partial charge is 0.244 e. The van der Waals surface area contributed by atoms with E-state index in [9.17, 15) is 13.7 Å². The molecule has 0 heterocycles. The van der Waals surface area contributed by atoms with Crippen molar-refractivity contribution in [3.63, 3.8) is 0 Å². The molecule has 5 heteroatoms. The molecular formula is C16H24N2O2S. The van der Waals surface area contributed by atoms with Crippen LogP contribution < -0.4 is 0 Å². The molecule has 1 atom stereocenters. The second-order valence-electron chi connectivity index (χ2n) is 6.20. The third kappa shape index (κ3) is 3.84. The van der Waals surface area contributed by atoms with Crippen molar-refractivity contribution in [1.29, 1.82) is 5.26 Å². The van der Waals surface area contributed by atoms with Crippen LogP contribution in [0, 0.1) is 11.3 Å². The van der Waals surface area contributed by atoms with Crippen LogP contribution in [-0.2, 0) is 15.4 Å². The van der Waals surface area contributed by atoms with Gasteiger partial charge in [0.15, 0.2) is 0 Å².